The van der Waals surface area contributed by atoms with Crippen LogP contribution < -0.4 is 10.6 Å². The van der Waals surface area contributed by atoms with Gasteiger partial charge in [0.1, 0.15) is 6.07 Å². The summed E-state index contributed by atoms with van der Waals surface area (Å²) in [7, 11) is 0. The van der Waals surface area contributed by atoms with Gasteiger partial charge in [-0.3, -0.25) is 0 Å². The molecule has 2 aromatic rings. The van der Waals surface area contributed by atoms with Gasteiger partial charge in [0.2, 0.25) is 0 Å². The quantitative estimate of drug-likeness (QED) is 0.849. The van der Waals surface area contributed by atoms with Crippen LogP contribution in [0.2, 0.25) is 0 Å². The predicted octanol–water partition coefficient (Wildman–Crippen LogP) is 3.17. The summed E-state index contributed by atoms with van der Waals surface area (Å²) >= 11 is 0. The number of para-hydroxylation sites is 1. The molecule has 0 atom stereocenters. The highest BCUT2D eigenvalue weighted by atomic mass is 15.1. The van der Waals surface area contributed by atoms with Crippen LogP contribution in [-0.4, -0.2) is 6.54 Å². The minimum absolute atomic E-state index is 0.708. The number of benzene rings is 2. The Morgan fingerprint density at radius 2 is 1.79 bits per heavy atom. The van der Waals surface area contributed by atoms with Crippen molar-refractivity contribution in [1.29, 1.82) is 5.26 Å². The summed E-state index contributed by atoms with van der Waals surface area (Å²) < 4.78 is 0. The zero-order valence-electron chi connectivity index (χ0n) is 11.0. The van der Waals surface area contributed by atoms with Gasteiger partial charge in [0, 0.05) is 18.8 Å². The second kappa shape index (κ2) is 5.92. The van der Waals surface area contributed by atoms with Gasteiger partial charge in [-0.15, -0.1) is 0 Å². The molecule has 0 aliphatic carbocycles. The van der Waals surface area contributed by atoms with Crippen molar-refractivity contribution >= 4 is 11.4 Å². The van der Waals surface area contributed by atoms with Gasteiger partial charge in [-0.25, -0.2) is 0 Å². The number of nitrogens with zero attached hydrogens (tertiary/aromatic N) is 2. The number of nitriles is 1. The first kappa shape index (κ1) is 13.0. The second-order valence-corrected chi connectivity index (χ2v) is 4.38. The first-order valence-electron chi connectivity index (χ1n) is 6.33. The van der Waals surface area contributed by atoms with E-state index in [9.17, 15) is 5.26 Å². The maximum absolute atomic E-state index is 9.17. The summed E-state index contributed by atoms with van der Waals surface area (Å²) in [4.78, 5) is 2.18. The molecule has 2 rings (SSSR count). The van der Waals surface area contributed by atoms with Gasteiger partial charge in [0.15, 0.2) is 0 Å². The van der Waals surface area contributed by atoms with E-state index in [-0.39, 0.29) is 0 Å². The molecule has 2 aromatic carbocycles. The largest absolute Gasteiger partial charge is 0.399 e. The number of hydrogen-bond acceptors (Lipinski definition) is 3. The fourth-order valence-electron chi connectivity index (χ4n) is 2.05. The SMILES string of the molecule is CCN(Cc1ccc(N)cc1)c1ccccc1C#N. The van der Waals surface area contributed by atoms with E-state index in [1.165, 1.54) is 5.56 Å². The van der Waals surface area contributed by atoms with Crippen LogP contribution in [0, 0.1) is 11.3 Å². The third kappa shape index (κ3) is 3.05. The summed E-state index contributed by atoms with van der Waals surface area (Å²) in [6.07, 6.45) is 0. The van der Waals surface area contributed by atoms with Gasteiger partial charge >= 0.3 is 0 Å². The lowest BCUT2D eigenvalue weighted by atomic mass is 10.1. The smallest absolute Gasteiger partial charge is 0.101 e. The summed E-state index contributed by atoms with van der Waals surface area (Å²) in [5.74, 6) is 0. The van der Waals surface area contributed by atoms with Crippen molar-refractivity contribution < 1.29 is 0 Å². The molecule has 19 heavy (non-hydrogen) atoms. The van der Waals surface area contributed by atoms with Crippen molar-refractivity contribution in [3.05, 3.63) is 59.7 Å². The Labute approximate surface area is 113 Å². The van der Waals surface area contributed by atoms with Crippen LogP contribution in [-0.2, 0) is 6.54 Å². The normalized spacial score (nSPS) is 9.89. The summed E-state index contributed by atoms with van der Waals surface area (Å²) in [6.45, 7) is 3.71. The van der Waals surface area contributed by atoms with Gasteiger partial charge in [0.05, 0.1) is 11.3 Å². The van der Waals surface area contributed by atoms with E-state index < -0.39 is 0 Å². The van der Waals surface area contributed by atoms with Crippen molar-refractivity contribution in [2.24, 2.45) is 0 Å². The Hall–Kier alpha value is -2.47. The van der Waals surface area contributed by atoms with Gasteiger partial charge < -0.3 is 10.6 Å². The maximum Gasteiger partial charge on any atom is 0.101 e. The molecule has 3 nitrogen and oxygen atoms in total. The van der Waals surface area contributed by atoms with Crippen LogP contribution in [0.3, 0.4) is 0 Å². The van der Waals surface area contributed by atoms with E-state index in [0.717, 1.165) is 24.5 Å². The molecule has 2 N–H and O–H groups in total. The highest BCUT2D eigenvalue weighted by Crippen LogP contribution is 2.21. The number of nitrogen functional groups attached to an aromatic ring is 1. The van der Waals surface area contributed by atoms with Crippen molar-refractivity contribution in [2.45, 2.75) is 13.5 Å². The highest BCUT2D eigenvalue weighted by Gasteiger charge is 2.09. The van der Waals surface area contributed by atoms with Crippen LogP contribution in [0.4, 0.5) is 11.4 Å². The number of nitrogens with two attached hydrogens (primary N) is 1. The van der Waals surface area contributed by atoms with Crippen molar-refractivity contribution in [2.75, 3.05) is 17.2 Å². The first-order chi connectivity index (χ1) is 9.24. The summed E-state index contributed by atoms with van der Waals surface area (Å²) in [5.41, 5.74) is 9.33. The van der Waals surface area contributed by atoms with Crippen LogP contribution in [0.1, 0.15) is 18.1 Å². The van der Waals surface area contributed by atoms with E-state index in [4.69, 9.17) is 5.73 Å². The van der Waals surface area contributed by atoms with Gasteiger partial charge in [-0.2, -0.15) is 5.26 Å². The summed E-state index contributed by atoms with van der Waals surface area (Å²) in [6, 6.07) is 17.8. The zero-order valence-corrected chi connectivity index (χ0v) is 11.0. The Morgan fingerprint density at radius 3 is 2.42 bits per heavy atom. The molecule has 0 bridgehead atoms. The van der Waals surface area contributed by atoms with Crippen molar-refractivity contribution in [1.82, 2.24) is 0 Å². The molecule has 0 aromatic heterocycles. The lowest BCUT2D eigenvalue weighted by Crippen LogP contribution is -2.22. The predicted molar refractivity (Wildman–Crippen MR) is 78.7 cm³/mol. The molecule has 3 heteroatoms. The molecule has 0 spiro atoms. The Morgan fingerprint density at radius 1 is 1.11 bits per heavy atom. The average molecular weight is 251 g/mol. The fourth-order valence-corrected chi connectivity index (χ4v) is 2.05. The Balaban J connectivity index is 2.25. The van der Waals surface area contributed by atoms with Crippen LogP contribution >= 0.6 is 0 Å². The lowest BCUT2D eigenvalue weighted by molar-refractivity contribution is 0.830. The molecular formula is C16H17N3. The summed E-state index contributed by atoms with van der Waals surface area (Å²) in [5, 5.41) is 9.17. The molecule has 0 amide bonds. The van der Waals surface area contributed by atoms with E-state index in [2.05, 4.69) is 17.9 Å². The monoisotopic (exact) mass is 251 g/mol. The second-order valence-electron chi connectivity index (χ2n) is 4.38. The standard InChI is InChI=1S/C16H17N3/c1-2-19(12-13-7-9-15(18)10-8-13)16-6-4-3-5-14(16)11-17/h3-10H,2,12,18H2,1H3. The molecule has 0 aliphatic heterocycles. The molecule has 96 valence electrons. The molecule has 0 saturated carbocycles. The molecule has 0 radical (unpaired) electrons. The average Bonchev–Trinajstić information content (AvgIpc) is 2.46. The first-order valence-corrected chi connectivity index (χ1v) is 6.33. The molecule has 0 heterocycles. The minimum atomic E-state index is 0.708. The minimum Gasteiger partial charge on any atom is -0.399 e. The van der Waals surface area contributed by atoms with Crippen LogP contribution in [0.15, 0.2) is 48.5 Å². The fraction of sp³-hybridized carbons (Fsp3) is 0.188. The number of rotatable bonds is 4. The van der Waals surface area contributed by atoms with E-state index in [0.29, 0.717) is 5.56 Å². The van der Waals surface area contributed by atoms with Gasteiger partial charge in [0.25, 0.3) is 0 Å². The van der Waals surface area contributed by atoms with E-state index in [1.54, 1.807) is 0 Å². The van der Waals surface area contributed by atoms with Crippen LogP contribution in [0.5, 0.6) is 0 Å². The molecule has 0 aliphatic rings. The Kier molecular flexibility index (Phi) is 4.04. The number of anilines is 2. The molecule has 0 fully saturated rings. The van der Waals surface area contributed by atoms with E-state index in [1.807, 2.05) is 48.5 Å². The van der Waals surface area contributed by atoms with Crippen molar-refractivity contribution in [3.8, 4) is 6.07 Å². The third-order valence-corrected chi connectivity index (χ3v) is 3.10. The van der Waals surface area contributed by atoms with Crippen molar-refractivity contribution in [3.63, 3.8) is 0 Å². The Bertz CT molecular complexity index is 582. The van der Waals surface area contributed by atoms with Gasteiger partial charge in [-0.05, 0) is 36.8 Å². The van der Waals surface area contributed by atoms with Gasteiger partial charge in [-0.1, -0.05) is 24.3 Å². The topological polar surface area (TPSA) is 53.0 Å². The van der Waals surface area contributed by atoms with E-state index >= 15 is 0 Å². The molecular weight excluding hydrogens is 234 g/mol. The third-order valence-electron chi connectivity index (χ3n) is 3.10. The lowest BCUT2D eigenvalue weighted by Gasteiger charge is -2.24. The number of hydrogen-bond donors (Lipinski definition) is 1. The maximum atomic E-state index is 9.17. The molecule has 0 unspecified atom stereocenters. The van der Waals surface area contributed by atoms with Crippen LogP contribution in [0.25, 0.3) is 0 Å². The zero-order chi connectivity index (χ0) is 13.7. The molecule has 0 saturated heterocycles. The highest BCUT2D eigenvalue weighted by molar-refractivity contribution is 5.59.